The molecule has 146 valence electrons. The van der Waals surface area contributed by atoms with Crippen LogP contribution < -0.4 is 14.2 Å². The number of hydrogen-bond donors (Lipinski definition) is 0. The van der Waals surface area contributed by atoms with Crippen molar-refractivity contribution in [1.82, 2.24) is 0 Å². The molecule has 0 saturated heterocycles. The van der Waals surface area contributed by atoms with Crippen LogP contribution in [0.5, 0.6) is 17.2 Å². The molecule has 0 fully saturated rings. The average molecular weight is 370 g/mol. The van der Waals surface area contributed by atoms with Crippen LogP contribution in [-0.2, 0) is 17.6 Å². The number of ether oxygens (including phenoxy) is 4. The molecular formula is C23H30O4. The molecule has 0 atom stereocenters. The number of fused-ring (bicyclic) bond motifs is 3. The summed E-state index contributed by atoms with van der Waals surface area (Å²) in [5.74, 6) is 2.25. The van der Waals surface area contributed by atoms with Crippen LogP contribution >= 0.6 is 0 Å². The Labute approximate surface area is 162 Å². The van der Waals surface area contributed by atoms with Crippen molar-refractivity contribution >= 4 is 0 Å². The fourth-order valence-corrected chi connectivity index (χ4v) is 3.94. The Morgan fingerprint density at radius 3 is 2.26 bits per heavy atom. The smallest absolute Gasteiger partial charge is 0.203 e. The van der Waals surface area contributed by atoms with E-state index in [1.807, 2.05) is 0 Å². The standard InChI is InChI=1S/C23H30O4/c1-5-6-13-27-14-9-12-18-20-17-11-8-7-10-16(17)15-19(20)22(25-3)23(26-4)21(18)24-2/h7-8,10-11H,5-6,9,12-15H2,1-4H3. The summed E-state index contributed by atoms with van der Waals surface area (Å²) >= 11 is 0. The molecule has 27 heavy (non-hydrogen) atoms. The second-order valence-electron chi connectivity index (χ2n) is 6.84. The van der Waals surface area contributed by atoms with E-state index in [9.17, 15) is 0 Å². The van der Waals surface area contributed by atoms with Gasteiger partial charge in [0.05, 0.1) is 21.3 Å². The Balaban J connectivity index is 2.00. The fraction of sp³-hybridized carbons (Fsp3) is 0.478. The minimum absolute atomic E-state index is 0.688. The van der Waals surface area contributed by atoms with E-state index < -0.39 is 0 Å². The highest BCUT2D eigenvalue weighted by Crippen LogP contribution is 2.53. The molecule has 0 N–H and O–H groups in total. The highest BCUT2D eigenvalue weighted by Gasteiger charge is 2.31. The lowest BCUT2D eigenvalue weighted by atomic mass is 9.94. The Bertz CT molecular complexity index is 782. The lowest BCUT2D eigenvalue weighted by Gasteiger charge is -2.21. The summed E-state index contributed by atoms with van der Waals surface area (Å²) in [6.45, 7) is 3.77. The van der Waals surface area contributed by atoms with Gasteiger partial charge in [-0.1, -0.05) is 37.6 Å². The van der Waals surface area contributed by atoms with E-state index in [1.54, 1.807) is 21.3 Å². The zero-order valence-corrected chi connectivity index (χ0v) is 16.9. The first-order chi connectivity index (χ1) is 13.3. The molecule has 4 heteroatoms. The van der Waals surface area contributed by atoms with Crippen molar-refractivity contribution < 1.29 is 18.9 Å². The van der Waals surface area contributed by atoms with Gasteiger partial charge in [-0.25, -0.2) is 0 Å². The van der Waals surface area contributed by atoms with Crippen LogP contribution in [0.3, 0.4) is 0 Å². The minimum atomic E-state index is 0.688. The predicted molar refractivity (Wildman–Crippen MR) is 108 cm³/mol. The Morgan fingerprint density at radius 1 is 0.852 bits per heavy atom. The van der Waals surface area contributed by atoms with E-state index in [2.05, 4.69) is 31.2 Å². The molecule has 0 heterocycles. The first-order valence-corrected chi connectivity index (χ1v) is 9.76. The minimum Gasteiger partial charge on any atom is -0.492 e. The van der Waals surface area contributed by atoms with E-state index in [0.717, 1.165) is 56.8 Å². The van der Waals surface area contributed by atoms with Crippen LogP contribution in [-0.4, -0.2) is 34.5 Å². The van der Waals surface area contributed by atoms with E-state index in [4.69, 9.17) is 18.9 Å². The molecule has 4 nitrogen and oxygen atoms in total. The van der Waals surface area contributed by atoms with Gasteiger partial charge in [0, 0.05) is 30.8 Å². The SMILES string of the molecule is CCCCOCCCc1c(OC)c(OC)c(OC)c2c1-c1ccccc1C2. The number of rotatable bonds is 10. The van der Waals surface area contributed by atoms with Gasteiger partial charge in [0.1, 0.15) is 0 Å². The van der Waals surface area contributed by atoms with Crippen molar-refractivity contribution in [1.29, 1.82) is 0 Å². The quantitative estimate of drug-likeness (QED) is 0.469. The summed E-state index contributed by atoms with van der Waals surface area (Å²) in [7, 11) is 5.07. The third-order valence-corrected chi connectivity index (χ3v) is 5.19. The van der Waals surface area contributed by atoms with Crippen LogP contribution in [0.15, 0.2) is 24.3 Å². The Hall–Kier alpha value is -2.20. The summed E-state index contributed by atoms with van der Waals surface area (Å²) in [5, 5.41) is 0. The van der Waals surface area contributed by atoms with Gasteiger partial charge in [0.15, 0.2) is 11.5 Å². The van der Waals surface area contributed by atoms with Gasteiger partial charge in [0.2, 0.25) is 5.75 Å². The molecule has 0 aromatic heterocycles. The van der Waals surface area contributed by atoms with Crippen molar-refractivity contribution in [3.63, 3.8) is 0 Å². The Kier molecular flexibility index (Phi) is 6.62. The van der Waals surface area contributed by atoms with E-state index >= 15 is 0 Å². The predicted octanol–water partition coefficient (Wildman–Crippen LogP) is 5.03. The van der Waals surface area contributed by atoms with Gasteiger partial charge in [-0.3, -0.25) is 0 Å². The van der Waals surface area contributed by atoms with Gasteiger partial charge < -0.3 is 18.9 Å². The summed E-state index contributed by atoms with van der Waals surface area (Å²) < 4.78 is 23.0. The number of benzene rings is 2. The number of hydrogen-bond acceptors (Lipinski definition) is 4. The largest absolute Gasteiger partial charge is 0.492 e. The maximum Gasteiger partial charge on any atom is 0.203 e. The lowest BCUT2D eigenvalue weighted by molar-refractivity contribution is 0.129. The highest BCUT2D eigenvalue weighted by atomic mass is 16.5. The summed E-state index contributed by atoms with van der Waals surface area (Å²) in [5.41, 5.74) is 6.22. The molecule has 0 bridgehead atoms. The first kappa shape index (κ1) is 19.6. The topological polar surface area (TPSA) is 36.9 Å². The summed E-state index contributed by atoms with van der Waals surface area (Å²) in [6, 6.07) is 8.56. The van der Waals surface area contributed by atoms with E-state index in [1.165, 1.54) is 27.8 Å². The molecule has 0 amide bonds. The molecule has 0 aliphatic heterocycles. The summed E-state index contributed by atoms with van der Waals surface area (Å²) in [6.07, 6.45) is 4.96. The molecule has 3 rings (SSSR count). The van der Waals surface area contributed by atoms with Crippen molar-refractivity contribution in [2.75, 3.05) is 34.5 Å². The third-order valence-electron chi connectivity index (χ3n) is 5.19. The fourth-order valence-electron chi connectivity index (χ4n) is 3.94. The molecule has 0 spiro atoms. The van der Waals surface area contributed by atoms with Gasteiger partial charge in [-0.15, -0.1) is 0 Å². The molecule has 1 aliphatic carbocycles. The molecule has 0 unspecified atom stereocenters. The van der Waals surface area contributed by atoms with E-state index in [0.29, 0.717) is 5.75 Å². The number of unbranched alkanes of at least 4 members (excludes halogenated alkanes) is 1. The normalized spacial score (nSPS) is 11.9. The maximum absolute atomic E-state index is 5.80. The molecule has 1 aliphatic rings. The number of methoxy groups -OCH3 is 3. The van der Waals surface area contributed by atoms with Gasteiger partial charge in [-0.05, 0) is 36.0 Å². The molecule has 2 aromatic rings. The van der Waals surface area contributed by atoms with Gasteiger partial charge in [0.25, 0.3) is 0 Å². The van der Waals surface area contributed by atoms with Gasteiger partial charge >= 0.3 is 0 Å². The second kappa shape index (κ2) is 9.14. The summed E-state index contributed by atoms with van der Waals surface area (Å²) in [4.78, 5) is 0. The van der Waals surface area contributed by atoms with Crippen LogP contribution in [0.4, 0.5) is 0 Å². The average Bonchev–Trinajstić information content (AvgIpc) is 3.08. The van der Waals surface area contributed by atoms with Crippen LogP contribution in [0.2, 0.25) is 0 Å². The van der Waals surface area contributed by atoms with Crippen molar-refractivity contribution in [2.45, 2.75) is 39.0 Å². The molecule has 2 aromatic carbocycles. The maximum atomic E-state index is 5.80. The van der Waals surface area contributed by atoms with Crippen molar-refractivity contribution in [3.05, 3.63) is 41.0 Å². The van der Waals surface area contributed by atoms with Crippen LogP contribution in [0.1, 0.15) is 42.9 Å². The lowest BCUT2D eigenvalue weighted by Crippen LogP contribution is -2.05. The first-order valence-electron chi connectivity index (χ1n) is 9.76. The zero-order valence-electron chi connectivity index (χ0n) is 16.9. The monoisotopic (exact) mass is 370 g/mol. The van der Waals surface area contributed by atoms with Gasteiger partial charge in [-0.2, -0.15) is 0 Å². The van der Waals surface area contributed by atoms with Crippen molar-refractivity contribution in [3.8, 4) is 28.4 Å². The Morgan fingerprint density at radius 2 is 1.56 bits per heavy atom. The van der Waals surface area contributed by atoms with E-state index in [-0.39, 0.29) is 0 Å². The zero-order chi connectivity index (χ0) is 19.2. The van der Waals surface area contributed by atoms with Crippen LogP contribution in [0, 0.1) is 0 Å². The van der Waals surface area contributed by atoms with Crippen LogP contribution in [0.25, 0.3) is 11.1 Å². The third kappa shape index (κ3) is 3.77. The van der Waals surface area contributed by atoms with Crippen molar-refractivity contribution in [2.24, 2.45) is 0 Å². The molecular weight excluding hydrogens is 340 g/mol. The molecule has 0 saturated carbocycles. The molecule has 0 radical (unpaired) electrons. The highest BCUT2D eigenvalue weighted by molar-refractivity contribution is 5.86. The second-order valence-corrected chi connectivity index (χ2v) is 6.84.